The number of rotatable bonds is 5. The van der Waals surface area contributed by atoms with Crippen LogP contribution in [0.15, 0.2) is 48.5 Å². The van der Waals surface area contributed by atoms with Crippen molar-refractivity contribution in [1.29, 1.82) is 5.26 Å². The summed E-state index contributed by atoms with van der Waals surface area (Å²) in [5.41, 5.74) is 3.37. The van der Waals surface area contributed by atoms with Crippen LogP contribution in [0, 0.1) is 11.3 Å². The maximum absolute atomic E-state index is 12.5. The van der Waals surface area contributed by atoms with Crippen molar-refractivity contribution in [3.63, 3.8) is 0 Å². The Balaban J connectivity index is 1.76. The van der Waals surface area contributed by atoms with Gasteiger partial charge in [0.1, 0.15) is 5.69 Å². The molecule has 1 amide bonds. The molecule has 1 unspecified atom stereocenters. The van der Waals surface area contributed by atoms with Crippen LogP contribution in [0.4, 0.5) is 5.69 Å². The average Bonchev–Trinajstić information content (AvgIpc) is 2.67. The van der Waals surface area contributed by atoms with E-state index in [1.165, 1.54) is 0 Å². The van der Waals surface area contributed by atoms with Crippen LogP contribution in [0.25, 0.3) is 11.0 Å². The third-order valence-corrected chi connectivity index (χ3v) is 4.41. The zero-order chi connectivity index (χ0) is 19.4. The number of hydrogen-bond acceptors (Lipinski definition) is 5. The third-order valence-electron chi connectivity index (χ3n) is 4.14. The number of carbonyl (C=O) groups excluding carboxylic acids is 1. The Morgan fingerprint density at radius 2 is 1.78 bits per heavy atom. The Morgan fingerprint density at radius 1 is 1.15 bits per heavy atom. The highest BCUT2D eigenvalue weighted by atomic mass is 35.5. The van der Waals surface area contributed by atoms with Crippen molar-refractivity contribution in [1.82, 2.24) is 15.3 Å². The topological polar surface area (TPSA) is 81.9 Å². The van der Waals surface area contributed by atoms with Crippen LogP contribution in [0.3, 0.4) is 0 Å². The van der Waals surface area contributed by atoms with Crippen LogP contribution in [-0.2, 0) is 11.3 Å². The summed E-state index contributed by atoms with van der Waals surface area (Å²) < 4.78 is 0. The molecule has 0 aliphatic heterocycles. The van der Waals surface area contributed by atoms with Crippen LogP contribution in [0.2, 0.25) is 5.15 Å². The van der Waals surface area contributed by atoms with Gasteiger partial charge in [0.2, 0.25) is 5.91 Å². The number of amides is 1. The number of aromatic nitrogens is 2. The highest BCUT2D eigenvalue weighted by Crippen LogP contribution is 2.24. The lowest BCUT2D eigenvalue weighted by Gasteiger charge is -2.14. The second kappa shape index (κ2) is 8.02. The third kappa shape index (κ3) is 4.15. The summed E-state index contributed by atoms with van der Waals surface area (Å²) in [4.78, 5) is 23.1. The summed E-state index contributed by atoms with van der Waals surface area (Å²) in [6.45, 7) is 0.309. The van der Waals surface area contributed by atoms with Gasteiger partial charge in [0.15, 0.2) is 11.1 Å². The Labute approximate surface area is 162 Å². The van der Waals surface area contributed by atoms with Gasteiger partial charge in [-0.2, -0.15) is 5.26 Å². The lowest BCUT2D eigenvalue weighted by Crippen LogP contribution is -2.29. The van der Waals surface area contributed by atoms with E-state index >= 15 is 0 Å². The van der Waals surface area contributed by atoms with E-state index in [1.54, 1.807) is 12.1 Å². The van der Waals surface area contributed by atoms with Gasteiger partial charge in [-0.1, -0.05) is 35.9 Å². The molecule has 1 atom stereocenters. The second-order valence-electron chi connectivity index (χ2n) is 6.23. The lowest BCUT2D eigenvalue weighted by atomic mass is 10.1. The molecule has 0 saturated carbocycles. The zero-order valence-electron chi connectivity index (χ0n) is 15.0. The maximum atomic E-state index is 12.5. The van der Waals surface area contributed by atoms with Crippen LogP contribution in [0.1, 0.15) is 17.2 Å². The highest BCUT2D eigenvalue weighted by Gasteiger charge is 2.25. The molecule has 0 fully saturated rings. The average molecular weight is 380 g/mol. The molecular weight excluding hydrogens is 362 g/mol. The van der Waals surface area contributed by atoms with E-state index in [2.05, 4.69) is 15.3 Å². The van der Waals surface area contributed by atoms with Gasteiger partial charge < -0.3 is 10.2 Å². The van der Waals surface area contributed by atoms with Gasteiger partial charge >= 0.3 is 0 Å². The first-order valence-corrected chi connectivity index (χ1v) is 8.73. The fourth-order valence-corrected chi connectivity index (χ4v) is 2.87. The minimum Gasteiger partial charge on any atom is -0.378 e. The molecule has 2 aromatic carbocycles. The molecule has 1 N–H and O–H groups in total. The minimum atomic E-state index is -1.13. The lowest BCUT2D eigenvalue weighted by molar-refractivity contribution is -0.121. The Morgan fingerprint density at radius 3 is 2.37 bits per heavy atom. The van der Waals surface area contributed by atoms with Crippen LogP contribution >= 0.6 is 11.6 Å². The predicted molar refractivity (Wildman–Crippen MR) is 106 cm³/mol. The van der Waals surface area contributed by atoms with Crippen molar-refractivity contribution in [3.8, 4) is 6.07 Å². The first-order valence-electron chi connectivity index (χ1n) is 8.35. The standard InChI is InChI=1S/C20H18ClN5O/c1-26(2)14-9-7-13(8-10-14)12-23-20(27)15(11-22)18-19(21)25-17-6-4-3-5-16(17)24-18/h3-10,15H,12H2,1-2H3,(H,23,27). The van der Waals surface area contributed by atoms with Gasteiger partial charge in [-0.3, -0.25) is 4.79 Å². The van der Waals surface area contributed by atoms with Gasteiger partial charge in [-0.25, -0.2) is 9.97 Å². The summed E-state index contributed by atoms with van der Waals surface area (Å²) in [5, 5.41) is 12.3. The maximum Gasteiger partial charge on any atom is 0.243 e. The molecule has 1 aromatic heterocycles. The fourth-order valence-electron chi connectivity index (χ4n) is 2.62. The van der Waals surface area contributed by atoms with E-state index in [0.29, 0.717) is 17.6 Å². The van der Waals surface area contributed by atoms with E-state index < -0.39 is 11.8 Å². The number of hydrogen-bond donors (Lipinski definition) is 1. The Hall–Kier alpha value is -3.17. The molecule has 0 spiro atoms. The molecule has 0 aliphatic carbocycles. The molecular formula is C20H18ClN5O. The normalized spacial score (nSPS) is 11.6. The molecule has 0 radical (unpaired) electrons. The molecule has 0 aliphatic rings. The van der Waals surface area contributed by atoms with Gasteiger partial charge in [0, 0.05) is 26.3 Å². The van der Waals surface area contributed by atoms with E-state index in [0.717, 1.165) is 11.3 Å². The summed E-state index contributed by atoms with van der Waals surface area (Å²) in [6.07, 6.45) is 0. The van der Waals surface area contributed by atoms with Crippen molar-refractivity contribution in [2.24, 2.45) is 0 Å². The second-order valence-corrected chi connectivity index (χ2v) is 6.59. The number of fused-ring (bicyclic) bond motifs is 1. The molecule has 0 saturated heterocycles. The minimum absolute atomic E-state index is 0.0609. The van der Waals surface area contributed by atoms with Crippen molar-refractivity contribution < 1.29 is 4.79 Å². The number of nitrogens with zero attached hydrogens (tertiary/aromatic N) is 4. The molecule has 136 valence electrons. The summed E-state index contributed by atoms with van der Waals surface area (Å²) in [7, 11) is 3.92. The fraction of sp³-hybridized carbons (Fsp3) is 0.200. The number of benzene rings is 2. The SMILES string of the molecule is CN(C)c1ccc(CNC(=O)C(C#N)c2nc3ccccc3nc2Cl)cc1. The van der Waals surface area contributed by atoms with Crippen LogP contribution in [-0.4, -0.2) is 30.0 Å². The monoisotopic (exact) mass is 379 g/mol. The van der Waals surface area contributed by atoms with Crippen LogP contribution in [0.5, 0.6) is 0 Å². The molecule has 27 heavy (non-hydrogen) atoms. The quantitative estimate of drug-likeness (QED) is 0.735. The summed E-state index contributed by atoms with van der Waals surface area (Å²) in [6, 6.07) is 16.9. The van der Waals surface area contributed by atoms with Gasteiger partial charge in [-0.05, 0) is 29.8 Å². The van der Waals surface area contributed by atoms with E-state index in [4.69, 9.17) is 11.6 Å². The predicted octanol–water partition coefficient (Wildman–Crippen LogP) is 3.27. The summed E-state index contributed by atoms with van der Waals surface area (Å²) in [5.74, 6) is -1.59. The summed E-state index contributed by atoms with van der Waals surface area (Å²) >= 11 is 6.18. The molecule has 7 heteroatoms. The number of halogens is 1. The highest BCUT2D eigenvalue weighted by molar-refractivity contribution is 6.30. The van der Waals surface area contributed by atoms with Crippen molar-refractivity contribution >= 4 is 34.2 Å². The number of nitrogens with one attached hydrogen (secondary N) is 1. The van der Waals surface area contributed by atoms with Crippen molar-refractivity contribution in [2.75, 3.05) is 19.0 Å². The van der Waals surface area contributed by atoms with Crippen molar-refractivity contribution in [3.05, 3.63) is 64.9 Å². The van der Waals surface area contributed by atoms with Gasteiger partial charge in [0.25, 0.3) is 0 Å². The zero-order valence-corrected chi connectivity index (χ0v) is 15.7. The van der Waals surface area contributed by atoms with Gasteiger partial charge in [0.05, 0.1) is 17.1 Å². The molecule has 3 rings (SSSR count). The number of nitriles is 1. The smallest absolute Gasteiger partial charge is 0.243 e. The number of para-hydroxylation sites is 2. The Bertz CT molecular complexity index is 1010. The van der Waals surface area contributed by atoms with E-state index in [9.17, 15) is 10.1 Å². The van der Waals surface area contributed by atoms with Gasteiger partial charge in [-0.15, -0.1) is 0 Å². The molecule has 6 nitrogen and oxygen atoms in total. The van der Waals surface area contributed by atoms with E-state index in [-0.39, 0.29) is 10.8 Å². The van der Waals surface area contributed by atoms with Crippen molar-refractivity contribution in [2.45, 2.75) is 12.5 Å². The number of carbonyl (C=O) groups is 1. The molecule has 3 aromatic rings. The Kier molecular flexibility index (Phi) is 5.53. The number of anilines is 1. The van der Waals surface area contributed by atoms with E-state index in [1.807, 2.05) is 61.5 Å². The largest absolute Gasteiger partial charge is 0.378 e. The molecule has 1 heterocycles. The van der Waals surface area contributed by atoms with Crippen LogP contribution < -0.4 is 10.2 Å². The first-order chi connectivity index (χ1) is 13.0. The molecule has 0 bridgehead atoms. The first kappa shape index (κ1) is 18.6.